The summed E-state index contributed by atoms with van der Waals surface area (Å²) in [4.78, 5) is 15.2. The van der Waals surface area contributed by atoms with Gasteiger partial charge in [-0.05, 0) is 47.2 Å². The summed E-state index contributed by atoms with van der Waals surface area (Å²) in [5, 5.41) is 0. The van der Waals surface area contributed by atoms with Gasteiger partial charge in [-0.3, -0.25) is 9.47 Å². The van der Waals surface area contributed by atoms with E-state index in [-0.39, 0.29) is 5.76 Å². The van der Waals surface area contributed by atoms with Crippen LogP contribution in [0.5, 0.6) is 0 Å². The second-order valence-electron chi connectivity index (χ2n) is 4.63. The van der Waals surface area contributed by atoms with E-state index in [1.54, 1.807) is 15.9 Å². The van der Waals surface area contributed by atoms with E-state index >= 15 is 0 Å². The van der Waals surface area contributed by atoms with Crippen molar-refractivity contribution in [1.82, 2.24) is 9.47 Å². The molecule has 3 rings (SSSR count). The fourth-order valence-electron chi connectivity index (χ4n) is 2.14. The first-order valence-corrected chi connectivity index (χ1v) is 7.75. The first-order valence-electron chi connectivity index (χ1n) is 6.14. The number of hydrogen-bond acceptors (Lipinski definition) is 4. The summed E-state index contributed by atoms with van der Waals surface area (Å²) in [6, 6.07) is 11.6. The highest BCUT2D eigenvalue weighted by Gasteiger charge is 2.11. The number of aromatic nitrogens is 1. The third kappa shape index (κ3) is 2.72. The molecule has 2 aromatic heterocycles. The van der Waals surface area contributed by atoms with Crippen LogP contribution in [-0.4, -0.2) is 16.5 Å². The van der Waals surface area contributed by atoms with Gasteiger partial charge < -0.3 is 4.42 Å². The monoisotopic (exact) mass is 352 g/mol. The Morgan fingerprint density at radius 2 is 2.10 bits per heavy atom. The van der Waals surface area contributed by atoms with Crippen molar-refractivity contribution in [3.63, 3.8) is 0 Å². The molecule has 3 aromatic rings. The van der Waals surface area contributed by atoms with E-state index in [1.165, 1.54) is 4.88 Å². The van der Waals surface area contributed by atoms with Crippen molar-refractivity contribution in [2.24, 2.45) is 0 Å². The van der Waals surface area contributed by atoms with Gasteiger partial charge in [-0.15, -0.1) is 11.3 Å². The second-order valence-corrected chi connectivity index (χ2v) is 7.17. The van der Waals surface area contributed by atoms with Gasteiger partial charge in [-0.2, -0.15) is 0 Å². The van der Waals surface area contributed by atoms with Crippen LogP contribution in [0.1, 0.15) is 4.88 Å². The quantitative estimate of drug-likeness (QED) is 0.721. The van der Waals surface area contributed by atoms with Gasteiger partial charge >= 0.3 is 5.76 Å². The van der Waals surface area contributed by atoms with E-state index in [9.17, 15) is 4.79 Å². The first-order chi connectivity index (χ1) is 9.63. The SMILES string of the molecule is CN(Cc1ccc(Br)s1)Cn1c(=O)oc2ccccc21. The minimum atomic E-state index is -0.314. The molecule has 0 aliphatic heterocycles. The number of benzene rings is 1. The van der Waals surface area contributed by atoms with E-state index < -0.39 is 0 Å². The minimum absolute atomic E-state index is 0.314. The second kappa shape index (κ2) is 5.55. The van der Waals surface area contributed by atoms with Crippen molar-refractivity contribution in [2.45, 2.75) is 13.2 Å². The summed E-state index contributed by atoms with van der Waals surface area (Å²) in [5.74, 6) is -0.314. The highest BCUT2D eigenvalue weighted by molar-refractivity contribution is 9.11. The number of oxazole rings is 1. The molecule has 0 radical (unpaired) electrons. The van der Waals surface area contributed by atoms with Crippen LogP contribution in [-0.2, 0) is 13.2 Å². The molecule has 0 fully saturated rings. The molecule has 0 atom stereocenters. The van der Waals surface area contributed by atoms with Crippen LogP contribution in [0.25, 0.3) is 11.1 Å². The van der Waals surface area contributed by atoms with Crippen molar-refractivity contribution < 1.29 is 4.42 Å². The van der Waals surface area contributed by atoms with E-state index in [4.69, 9.17) is 4.42 Å². The average Bonchev–Trinajstić information content (AvgIpc) is 2.94. The highest BCUT2D eigenvalue weighted by atomic mass is 79.9. The van der Waals surface area contributed by atoms with Crippen LogP contribution in [0, 0.1) is 0 Å². The van der Waals surface area contributed by atoms with Gasteiger partial charge in [0.15, 0.2) is 5.58 Å². The summed E-state index contributed by atoms with van der Waals surface area (Å²) in [6.45, 7) is 1.30. The summed E-state index contributed by atoms with van der Waals surface area (Å²) < 4.78 is 8.00. The maximum Gasteiger partial charge on any atom is 0.421 e. The van der Waals surface area contributed by atoms with Gasteiger partial charge in [-0.1, -0.05) is 12.1 Å². The van der Waals surface area contributed by atoms with Crippen molar-refractivity contribution in [3.05, 3.63) is 55.6 Å². The molecule has 0 aliphatic carbocycles. The zero-order valence-corrected chi connectivity index (χ0v) is 13.3. The van der Waals surface area contributed by atoms with Gasteiger partial charge in [0.05, 0.1) is 16.0 Å². The molecular weight excluding hydrogens is 340 g/mol. The minimum Gasteiger partial charge on any atom is -0.408 e. The van der Waals surface area contributed by atoms with Crippen LogP contribution in [0.3, 0.4) is 0 Å². The van der Waals surface area contributed by atoms with E-state index in [1.807, 2.05) is 37.4 Å². The Balaban J connectivity index is 1.82. The number of para-hydroxylation sites is 2. The van der Waals surface area contributed by atoms with Gasteiger partial charge in [-0.25, -0.2) is 4.79 Å². The molecule has 20 heavy (non-hydrogen) atoms. The molecule has 0 bridgehead atoms. The van der Waals surface area contributed by atoms with Crippen molar-refractivity contribution in [2.75, 3.05) is 7.05 Å². The largest absolute Gasteiger partial charge is 0.421 e. The molecule has 0 N–H and O–H groups in total. The predicted octanol–water partition coefficient (Wildman–Crippen LogP) is 3.51. The fourth-order valence-corrected chi connectivity index (χ4v) is 3.71. The molecule has 0 amide bonds. The number of thiophene rings is 1. The normalized spacial score (nSPS) is 11.6. The standard InChI is InChI=1S/C14H13BrN2O2S/c1-16(8-10-6-7-13(15)20-10)9-17-11-4-2-3-5-12(11)19-14(17)18/h2-7H,8-9H2,1H3. The Kier molecular flexibility index (Phi) is 3.78. The zero-order valence-electron chi connectivity index (χ0n) is 10.9. The first kappa shape index (κ1) is 13.6. The summed E-state index contributed by atoms with van der Waals surface area (Å²) in [7, 11) is 1.99. The number of halogens is 1. The number of hydrogen-bond donors (Lipinski definition) is 0. The van der Waals surface area contributed by atoms with Gasteiger partial charge in [0.25, 0.3) is 0 Å². The molecule has 0 aliphatic rings. The Hall–Kier alpha value is -1.37. The molecule has 6 heteroatoms. The molecule has 104 valence electrons. The molecule has 0 spiro atoms. The summed E-state index contributed by atoms with van der Waals surface area (Å²) in [5.41, 5.74) is 1.46. The Morgan fingerprint density at radius 1 is 1.30 bits per heavy atom. The topological polar surface area (TPSA) is 38.4 Å². The number of rotatable bonds is 4. The van der Waals surface area contributed by atoms with E-state index in [0.29, 0.717) is 12.3 Å². The summed E-state index contributed by atoms with van der Waals surface area (Å²) in [6.07, 6.45) is 0. The van der Waals surface area contributed by atoms with Gasteiger partial charge in [0.1, 0.15) is 0 Å². The van der Waals surface area contributed by atoms with Crippen LogP contribution >= 0.6 is 27.3 Å². The lowest BCUT2D eigenvalue weighted by atomic mass is 10.3. The lowest BCUT2D eigenvalue weighted by molar-refractivity contribution is 0.255. The molecular formula is C14H13BrN2O2S. The Morgan fingerprint density at radius 3 is 2.85 bits per heavy atom. The lowest BCUT2D eigenvalue weighted by Gasteiger charge is -2.15. The van der Waals surface area contributed by atoms with Crippen LogP contribution in [0.4, 0.5) is 0 Å². The number of fused-ring (bicyclic) bond motifs is 1. The Bertz CT molecular complexity index is 790. The van der Waals surface area contributed by atoms with Crippen molar-refractivity contribution in [3.8, 4) is 0 Å². The maximum atomic E-state index is 11.9. The van der Waals surface area contributed by atoms with E-state index in [0.717, 1.165) is 15.8 Å². The number of nitrogens with zero attached hydrogens (tertiary/aromatic N) is 2. The average molecular weight is 353 g/mol. The van der Waals surface area contributed by atoms with Gasteiger partial charge in [0, 0.05) is 11.4 Å². The molecule has 2 heterocycles. The molecule has 4 nitrogen and oxygen atoms in total. The Labute approximate surface area is 128 Å². The van der Waals surface area contributed by atoms with Crippen molar-refractivity contribution >= 4 is 38.4 Å². The zero-order chi connectivity index (χ0) is 14.1. The fraction of sp³-hybridized carbons (Fsp3) is 0.214. The predicted molar refractivity (Wildman–Crippen MR) is 84.0 cm³/mol. The van der Waals surface area contributed by atoms with Crippen LogP contribution in [0.2, 0.25) is 0 Å². The van der Waals surface area contributed by atoms with Crippen LogP contribution in [0.15, 0.2) is 49.4 Å². The van der Waals surface area contributed by atoms with Crippen LogP contribution < -0.4 is 5.76 Å². The highest BCUT2D eigenvalue weighted by Crippen LogP contribution is 2.23. The lowest BCUT2D eigenvalue weighted by Crippen LogP contribution is -2.26. The van der Waals surface area contributed by atoms with E-state index in [2.05, 4.69) is 26.9 Å². The molecule has 0 unspecified atom stereocenters. The smallest absolute Gasteiger partial charge is 0.408 e. The summed E-state index contributed by atoms with van der Waals surface area (Å²) >= 11 is 5.16. The van der Waals surface area contributed by atoms with Crippen molar-refractivity contribution in [1.29, 1.82) is 0 Å². The molecule has 1 aromatic carbocycles. The maximum absolute atomic E-state index is 11.9. The molecule has 0 saturated heterocycles. The third-order valence-corrected chi connectivity index (χ3v) is 4.62. The van der Waals surface area contributed by atoms with Gasteiger partial charge in [0.2, 0.25) is 0 Å². The molecule has 0 saturated carbocycles. The third-order valence-electron chi connectivity index (χ3n) is 3.01.